The summed E-state index contributed by atoms with van der Waals surface area (Å²) >= 11 is 1.51. The minimum atomic E-state index is -0.192. The highest BCUT2D eigenvalue weighted by Gasteiger charge is 2.14. The maximum absolute atomic E-state index is 12.4. The van der Waals surface area contributed by atoms with Gasteiger partial charge in [0.15, 0.2) is 0 Å². The number of anilines is 1. The van der Waals surface area contributed by atoms with Gasteiger partial charge in [0.2, 0.25) is 0 Å². The Balaban J connectivity index is 1.68. The molecule has 0 saturated heterocycles. The molecule has 4 aromatic rings. The molecule has 0 radical (unpaired) electrons. The summed E-state index contributed by atoms with van der Waals surface area (Å²) in [5, 5.41) is 5.65. The second-order valence-electron chi connectivity index (χ2n) is 4.59. The van der Waals surface area contributed by atoms with E-state index >= 15 is 0 Å². The number of pyridine rings is 2. The molecule has 102 valence electrons. The van der Waals surface area contributed by atoms with E-state index in [-0.39, 0.29) is 5.91 Å². The summed E-state index contributed by atoms with van der Waals surface area (Å²) in [5.41, 5.74) is 2.24. The zero-order valence-corrected chi connectivity index (χ0v) is 11.6. The fourth-order valence-corrected chi connectivity index (χ4v) is 3.12. The number of rotatable bonds is 2. The number of nitrogens with one attached hydrogen (secondary N) is 2. The van der Waals surface area contributed by atoms with Crippen molar-refractivity contribution >= 4 is 44.2 Å². The van der Waals surface area contributed by atoms with Crippen LogP contribution in [0.3, 0.4) is 0 Å². The van der Waals surface area contributed by atoms with Gasteiger partial charge in [-0.1, -0.05) is 0 Å². The first-order chi connectivity index (χ1) is 10.3. The van der Waals surface area contributed by atoms with E-state index in [1.807, 2.05) is 35.8 Å². The Hall–Kier alpha value is -2.73. The Kier molecular flexibility index (Phi) is 2.68. The van der Waals surface area contributed by atoms with Crippen LogP contribution in [0, 0.1) is 0 Å². The van der Waals surface area contributed by atoms with Crippen LogP contribution in [0.4, 0.5) is 5.82 Å². The van der Waals surface area contributed by atoms with E-state index < -0.39 is 0 Å². The second-order valence-corrected chi connectivity index (χ2v) is 5.50. The molecule has 4 heterocycles. The van der Waals surface area contributed by atoms with Gasteiger partial charge in [-0.3, -0.25) is 9.78 Å². The number of aromatic nitrogens is 3. The molecule has 5 nitrogen and oxygen atoms in total. The highest BCUT2D eigenvalue weighted by atomic mass is 32.1. The predicted molar refractivity (Wildman–Crippen MR) is 83.7 cm³/mol. The predicted octanol–water partition coefficient (Wildman–Crippen LogP) is 3.42. The van der Waals surface area contributed by atoms with Gasteiger partial charge >= 0.3 is 0 Å². The van der Waals surface area contributed by atoms with E-state index in [2.05, 4.69) is 20.3 Å². The highest BCUT2D eigenvalue weighted by Crippen LogP contribution is 2.24. The van der Waals surface area contributed by atoms with Gasteiger partial charge in [0.1, 0.15) is 5.82 Å². The van der Waals surface area contributed by atoms with Crippen LogP contribution in [0.2, 0.25) is 0 Å². The number of amides is 1. The van der Waals surface area contributed by atoms with Gasteiger partial charge < -0.3 is 10.3 Å². The minimum Gasteiger partial charge on any atom is -0.360 e. The molecular weight excluding hydrogens is 284 g/mol. The molecule has 4 rings (SSSR count). The first kappa shape index (κ1) is 12.0. The number of carbonyl (C=O) groups is 1. The van der Waals surface area contributed by atoms with Crippen molar-refractivity contribution in [1.82, 2.24) is 15.0 Å². The normalized spacial score (nSPS) is 11.0. The lowest BCUT2D eigenvalue weighted by molar-refractivity contribution is 0.102. The molecule has 0 spiro atoms. The Morgan fingerprint density at radius 3 is 3.19 bits per heavy atom. The Morgan fingerprint density at radius 1 is 1.29 bits per heavy atom. The summed E-state index contributed by atoms with van der Waals surface area (Å²) in [5.74, 6) is 0.338. The summed E-state index contributed by atoms with van der Waals surface area (Å²) in [6, 6.07) is 7.59. The topological polar surface area (TPSA) is 70.7 Å². The molecule has 6 heteroatoms. The molecule has 0 aliphatic carbocycles. The Morgan fingerprint density at radius 2 is 2.24 bits per heavy atom. The van der Waals surface area contributed by atoms with Gasteiger partial charge in [-0.25, -0.2) is 4.98 Å². The van der Waals surface area contributed by atoms with Crippen molar-refractivity contribution < 1.29 is 4.79 Å². The maximum atomic E-state index is 12.4. The molecule has 2 N–H and O–H groups in total. The lowest BCUT2D eigenvalue weighted by Crippen LogP contribution is -2.12. The average Bonchev–Trinajstić information content (AvgIpc) is 3.13. The van der Waals surface area contributed by atoms with Crippen molar-refractivity contribution in [2.24, 2.45) is 0 Å². The lowest BCUT2D eigenvalue weighted by Gasteiger charge is -2.03. The van der Waals surface area contributed by atoms with Crippen molar-refractivity contribution in [3.8, 4) is 0 Å². The van der Waals surface area contributed by atoms with Crippen LogP contribution >= 0.6 is 11.3 Å². The van der Waals surface area contributed by atoms with Crippen LogP contribution in [0.15, 0.2) is 48.2 Å². The van der Waals surface area contributed by atoms with Crippen LogP contribution in [0.5, 0.6) is 0 Å². The van der Waals surface area contributed by atoms with Gasteiger partial charge in [-0.15, -0.1) is 11.3 Å². The number of nitrogens with zero attached hydrogens (tertiary/aromatic N) is 2. The third kappa shape index (κ3) is 2.05. The summed E-state index contributed by atoms with van der Waals surface area (Å²) in [4.78, 5) is 23.9. The van der Waals surface area contributed by atoms with E-state index in [0.717, 1.165) is 21.1 Å². The van der Waals surface area contributed by atoms with Crippen molar-refractivity contribution in [2.45, 2.75) is 0 Å². The molecule has 1 amide bonds. The zero-order valence-electron chi connectivity index (χ0n) is 10.8. The van der Waals surface area contributed by atoms with Gasteiger partial charge in [-0.05, 0) is 24.3 Å². The lowest BCUT2D eigenvalue weighted by atomic mass is 10.2. The molecule has 0 aliphatic rings. The van der Waals surface area contributed by atoms with Gasteiger partial charge in [0.25, 0.3) is 5.91 Å². The SMILES string of the molecule is O=C(Nc1cc2cc[nH]c2cn1)c1csc2cccnc12. The first-order valence-corrected chi connectivity index (χ1v) is 7.26. The van der Waals surface area contributed by atoms with E-state index in [4.69, 9.17) is 0 Å². The molecule has 0 aliphatic heterocycles. The molecule has 0 fully saturated rings. The van der Waals surface area contributed by atoms with Gasteiger partial charge in [-0.2, -0.15) is 0 Å². The molecule has 0 unspecified atom stereocenters. The van der Waals surface area contributed by atoms with E-state index in [9.17, 15) is 4.79 Å². The molecule has 4 aromatic heterocycles. The van der Waals surface area contributed by atoms with Crippen LogP contribution < -0.4 is 5.32 Å². The number of hydrogen-bond acceptors (Lipinski definition) is 4. The second kappa shape index (κ2) is 4.68. The fraction of sp³-hybridized carbons (Fsp3) is 0. The molecular formula is C15H10N4OS. The van der Waals surface area contributed by atoms with Crippen molar-refractivity contribution in [1.29, 1.82) is 0 Å². The van der Waals surface area contributed by atoms with Crippen molar-refractivity contribution in [2.75, 3.05) is 5.32 Å². The van der Waals surface area contributed by atoms with Crippen molar-refractivity contribution in [3.63, 3.8) is 0 Å². The van der Waals surface area contributed by atoms with Crippen LogP contribution in [0.25, 0.3) is 21.1 Å². The number of aromatic amines is 1. The Labute approximate surface area is 123 Å². The number of fused-ring (bicyclic) bond motifs is 2. The largest absolute Gasteiger partial charge is 0.360 e. The van der Waals surface area contributed by atoms with Gasteiger partial charge in [0.05, 0.1) is 27.5 Å². The molecule has 0 atom stereocenters. The summed E-state index contributed by atoms with van der Waals surface area (Å²) in [7, 11) is 0. The molecule has 21 heavy (non-hydrogen) atoms. The summed E-state index contributed by atoms with van der Waals surface area (Å²) in [6.07, 6.45) is 5.24. The van der Waals surface area contributed by atoms with E-state index in [1.54, 1.807) is 12.4 Å². The standard InChI is InChI=1S/C15H10N4OS/c20-15(10-8-21-12-2-1-4-17-14(10)12)19-13-6-9-3-5-16-11(9)7-18-13/h1-8,16H,(H,18,19,20). The number of carbonyl (C=O) groups excluding carboxylic acids is 1. The summed E-state index contributed by atoms with van der Waals surface area (Å²) in [6.45, 7) is 0. The number of thiophene rings is 1. The van der Waals surface area contributed by atoms with Crippen LogP contribution in [-0.2, 0) is 0 Å². The highest BCUT2D eigenvalue weighted by molar-refractivity contribution is 7.17. The monoisotopic (exact) mass is 294 g/mol. The molecule has 0 aromatic carbocycles. The Bertz CT molecular complexity index is 956. The zero-order chi connectivity index (χ0) is 14.2. The maximum Gasteiger partial charge on any atom is 0.259 e. The fourth-order valence-electron chi connectivity index (χ4n) is 2.23. The molecule has 0 saturated carbocycles. The van der Waals surface area contributed by atoms with E-state index in [0.29, 0.717) is 11.4 Å². The van der Waals surface area contributed by atoms with Crippen LogP contribution in [0.1, 0.15) is 10.4 Å². The summed E-state index contributed by atoms with van der Waals surface area (Å²) < 4.78 is 0.997. The van der Waals surface area contributed by atoms with Gasteiger partial charge in [0, 0.05) is 23.2 Å². The number of hydrogen-bond donors (Lipinski definition) is 2. The third-order valence-corrected chi connectivity index (χ3v) is 4.19. The van der Waals surface area contributed by atoms with Crippen LogP contribution in [-0.4, -0.2) is 20.9 Å². The number of H-pyrrole nitrogens is 1. The minimum absolute atomic E-state index is 0.192. The third-order valence-electron chi connectivity index (χ3n) is 3.25. The quantitative estimate of drug-likeness (QED) is 0.595. The molecule has 0 bridgehead atoms. The van der Waals surface area contributed by atoms with E-state index in [1.165, 1.54) is 11.3 Å². The smallest absolute Gasteiger partial charge is 0.259 e. The first-order valence-electron chi connectivity index (χ1n) is 6.38. The van der Waals surface area contributed by atoms with Crippen molar-refractivity contribution in [3.05, 3.63) is 53.8 Å². The average molecular weight is 294 g/mol.